The number of carboxylic acid groups (broad SMARTS) is 1. The zero-order valence-electron chi connectivity index (χ0n) is 6.24. The van der Waals surface area contributed by atoms with Gasteiger partial charge < -0.3 is 5.11 Å². The summed E-state index contributed by atoms with van der Waals surface area (Å²) in [5.41, 5.74) is 0.142. The molecule has 0 saturated carbocycles. The molecular formula is C7H4Cl2N2O2. The first-order valence-corrected chi connectivity index (χ1v) is 3.91. The molecule has 0 heterocycles. The maximum Gasteiger partial charge on any atom is 0.337 e. The summed E-state index contributed by atoms with van der Waals surface area (Å²) >= 11 is 10.6. The van der Waals surface area contributed by atoms with Crippen LogP contribution in [0.2, 0.25) is 5.02 Å². The van der Waals surface area contributed by atoms with E-state index < -0.39 is 5.97 Å². The van der Waals surface area contributed by atoms with Gasteiger partial charge in [0.1, 0.15) is 5.69 Å². The second kappa shape index (κ2) is 4.20. The summed E-state index contributed by atoms with van der Waals surface area (Å²) in [5.74, 6) is -1.10. The Labute approximate surface area is 83.9 Å². The molecule has 1 aromatic carbocycles. The molecule has 0 unspecified atom stereocenters. The lowest BCUT2D eigenvalue weighted by molar-refractivity contribution is 0.0698. The Bertz CT molecular complexity index is 366. The van der Waals surface area contributed by atoms with Crippen molar-refractivity contribution in [3.63, 3.8) is 0 Å². The highest BCUT2D eigenvalue weighted by Gasteiger charge is 2.09. The number of carbonyl (C=O) groups is 1. The van der Waals surface area contributed by atoms with Crippen LogP contribution in [-0.2, 0) is 0 Å². The number of halogens is 2. The molecule has 0 atom stereocenters. The third-order valence-electron chi connectivity index (χ3n) is 1.34. The molecule has 13 heavy (non-hydrogen) atoms. The summed E-state index contributed by atoms with van der Waals surface area (Å²) in [7, 11) is 0. The predicted octanol–water partition coefficient (Wildman–Crippen LogP) is 3.28. The van der Waals surface area contributed by atoms with Gasteiger partial charge in [0.15, 0.2) is 0 Å². The van der Waals surface area contributed by atoms with Crippen molar-refractivity contribution >= 4 is 35.0 Å². The molecular weight excluding hydrogens is 215 g/mol. The summed E-state index contributed by atoms with van der Waals surface area (Å²) in [4.78, 5) is 10.6. The van der Waals surface area contributed by atoms with E-state index in [1.54, 1.807) is 0 Å². The Morgan fingerprint density at radius 1 is 1.46 bits per heavy atom. The molecule has 0 bridgehead atoms. The monoisotopic (exact) mass is 218 g/mol. The molecule has 0 fully saturated rings. The average Bonchev–Trinajstić information content (AvgIpc) is 2.04. The van der Waals surface area contributed by atoms with Gasteiger partial charge >= 0.3 is 5.97 Å². The van der Waals surface area contributed by atoms with E-state index in [0.717, 1.165) is 0 Å². The Balaban J connectivity index is 3.26. The number of nitrogens with zero attached hydrogens (tertiary/aromatic N) is 2. The third-order valence-corrected chi connectivity index (χ3v) is 1.65. The number of benzene rings is 1. The second-order valence-corrected chi connectivity index (χ2v) is 2.73. The summed E-state index contributed by atoms with van der Waals surface area (Å²) in [6, 6.07) is 4.17. The molecule has 6 heteroatoms. The van der Waals surface area contributed by atoms with Crippen molar-refractivity contribution in [3.8, 4) is 0 Å². The SMILES string of the molecule is O=C(O)c1ccc(Cl)cc1/N=N/Cl. The fraction of sp³-hybridized carbons (Fsp3) is 0. The fourth-order valence-corrected chi connectivity index (χ4v) is 1.06. The first kappa shape index (κ1) is 9.95. The van der Waals surface area contributed by atoms with Gasteiger partial charge in [0.2, 0.25) is 0 Å². The number of hydrogen-bond acceptors (Lipinski definition) is 3. The van der Waals surface area contributed by atoms with Crippen LogP contribution in [0.15, 0.2) is 27.9 Å². The van der Waals surface area contributed by atoms with Crippen LogP contribution in [0.25, 0.3) is 0 Å². The maximum atomic E-state index is 10.6. The largest absolute Gasteiger partial charge is 0.478 e. The minimum atomic E-state index is -1.10. The van der Waals surface area contributed by atoms with Crippen molar-refractivity contribution in [2.75, 3.05) is 0 Å². The molecule has 1 N–H and O–H groups in total. The van der Waals surface area contributed by atoms with Crippen LogP contribution in [0.3, 0.4) is 0 Å². The van der Waals surface area contributed by atoms with Crippen LogP contribution in [0.4, 0.5) is 5.69 Å². The lowest BCUT2D eigenvalue weighted by Crippen LogP contribution is -1.95. The van der Waals surface area contributed by atoms with Crippen molar-refractivity contribution < 1.29 is 9.90 Å². The van der Waals surface area contributed by atoms with E-state index in [1.807, 2.05) is 0 Å². The van der Waals surface area contributed by atoms with Gasteiger partial charge in [-0.15, -0.1) is 5.11 Å². The average molecular weight is 219 g/mol. The van der Waals surface area contributed by atoms with E-state index in [2.05, 4.69) is 9.75 Å². The molecule has 0 aliphatic carbocycles. The van der Waals surface area contributed by atoms with Crippen LogP contribution in [0.1, 0.15) is 10.4 Å². The van der Waals surface area contributed by atoms with E-state index in [1.165, 1.54) is 18.2 Å². The van der Waals surface area contributed by atoms with Gasteiger partial charge in [-0.05, 0) is 18.2 Å². The number of hydrogen-bond donors (Lipinski definition) is 1. The normalized spacial score (nSPS) is 10.6. The summed E-state index contributed by atoms with van der Waals surface area (Å²) < 4.78 is 2.97. The molecule has 68 valence electrons. The Hall–Kier alpha value is -1.13. The van der Waals surface area contributed by atoms with E-state index >= 15 is 0 Å². The summed E-state index contributed by atoms with van der Waals surface area (Å²) in [5, 5.41) is 12.5. The summed E-state index contributed by atoms with van der Waals surface area (Å²) in [6.07, 6.45) is 0. The van der Waals surface area contributed by atoms with E-state index in [4.69, 9.17) is 28.5 Å². The molecule has 1 aromatic rings. The second-order valence-electron chi connectivity index (χ2n) is 2.14. The third kappa shape index (κ3) is 2.40. The highest BCUT2D eigenvalue weighted by molar-refractivity contribution is 6.31. The molecule has 4 nitrogen and oxygen atoms in total. The van der Waals surface area contributed by atoms with Gasteiger partial charge in [-0.25, -0.2) is 4.79 Å². The van der Waals surface area contributed by atoms with Gasteiger partial charge in [0.25, 0.3) is 0 Å². The standard InChI is InChI=1S/C7H4Cl2N2O2/c8-4-1-2-5(7(12)13)6(3-4)10-11-9/h1-3H,(H,12,13)/b11-10+. The fourth-order valence-electron chi connectivity index (χ4n) is 0.809. The van der Waals surface area contributed by atoms with Crippen LogP contribution >= 0.6 is 23.4 Å². The lowest BCUT2D eigenvalue weighted by Gasteiger charge is -1.98. The van der Waals surface area contributed by atoms with Gasteiger partial charge in [-0.1, -0.05) is 16.2 Å². The minimum absolute atomic E-state index is 0.00815. The molecule has 0 aromatic heterocycles. The molecule has 0 aliphatic heterocycles. The lowest BCUT2D eigenvalue weighted by atomic mass is 10.2. The Kier molecular flexibility index (Phi) is 3.22. The van der Waals surface area contributed by atoms with Crippen LogP contribution in [0.5, 0.6) is 0 Å². The van der Waals surface area contributed by atoms with Gasteiger partial charge in [0.05, 0.1) is 17.3 Å². The predicted molar refractivity (Wildman–Crippen MR) is 48.8 cm³/mol. The smallest absolute Gasteiger partial charge is 0.337 e. The Morgan fingerprint density at radius 2 is 2.15 bits per heavy atom. The number of rotatable bonds is 2. The van der Waals surface area contributed by atoms with E-state index in [-0.39, 0.29) is 11.3 Å². The van der Waals surface area contributed by atoms with Crippen molar-refractivity contribution in [1.29, 1.82) is 0 Å². The zero-order chi connectivity index (χ0) is 9.84. The van der Waals surface area contributed by atoms with E-state index in [9.17, 15) is 4.79 Å². The van der Waals surface area contributed by atoms with Crippen molar-refractivity contribution in [2.45, 2.75) is 0 Å². The molecule has 0 saturated heterocycles. The molecule has 0 amide bonds. The van der Waals surface area contributed by atoms with Crippen LogP contribution < -0.4 is 0 Å². The Morgan fingerprint density at radius 3 is 2.69 bits per heavy atom. The topological polar surface area (TPSA) is 62.0 Å². The van der Waals surface area contributed by atoms with Gasteiger partial charge in [-0.3, -0.25) is 0 Å². The molecule has 0 spiro atoms. The summed E-state index contributed by atoms with van der Waals surface area (Å²) in [6.45, 7) is 0. The molecule has 1 rings (SSSR count). The number of aromatic carboxylic acids is 1. The van der Waals surface area contributed by atoms with Crippen LogP contribution in [0, 0.1) is 0 Å². The quantitative estimate of drug-likeness (QED) is 0.775. The van der Waals surface area contributed by atoms with Gasteiger partial charge in [-0.2, -0.15) is 0 Å². The van der Waals surface area contributed by atoms with Gasteiger partial charge in [0, 0.05) is 5.02 Å². The van der Waals surface area contributed by atoms with Crippen LogP contribution in [-0.4, -0.2) is 11.1 Å². The first-order valence-electron chi connectivity index (χ1n) is 3.20. The minimum Gasteiger partial charge on any atom is -0.478 e. The van der Waals surface area contributed by atoms with Crippen molar-refractivity contribution in [2.24, 2.45) is 9.75 Å². The first-order chi connectivity index (χ1) is 6.15. The zero-order valence-corrected chi connectivity index (χ0v) is 7.75. The van der Waals surface area contributed by atoms with Crippen molar-refractivity contribution in [3.05, 3.63) is 28.8 Å². The molecule has 0 radical (unpaired) electrons. The highest BCUT2D eigenvalue weighted by atomic mass is 35.5. The molecule has 0 aliphatic rings. The maximum absolute atomic E-state index is 10.6. The van der Waals surface area contributed by atoms with Crippen molar-refractivity contribution in [1.82, 2.24) is 0 Å². The van der Waals surface area contributed by atoms with E-state index in [0.29, 0.717) is 5.02 Å². The highest BCUT2D eigenvalue weighted by Crippen LogP contribution is 2.24. The number of carboxylic acids is 1.